The Morgan fingerprint density at radius 1 is 1.72 bits per heavy atom. The first-order chi connectivity index (χ1) is 8.52. The standard InChI is InChI=1S/C13H18N4O/c1-9(6-14)7-16(2)13(18)12-5-10(15)8-17(12)11-3-4-11/h5,8-9,11H,3-4,7,15H2,1-2H3. The summed E-state index contributed by atoms with van der Waals surface area (Å²) in [5, 5.41) is 8.78. The third-order valence-corrected chi connectivity index (χ3v) is 3.14. The molecule has 0 saturated heterocycles. The SMILES string of the molecule is CC(C#N)CN(C)C(=O)c1cc(N)cn1C1CC1. The maximum Gasteiger partial charge on any atom is 0.270 e. The van der Waals surface area contributed by atoms with Gasteiger partial charge in [-0.15, -0.1) is 0 Å². The molecule has 2 N–H and O–H groups in total. The van der Waals surface area contributed by atoms with Crippen LogP contribution in [0.15, 0.2) is 12.3 Å². The minimum atomic E-state index is -0.166. The maximum atomic E-state index is 12.3. The van der Waals surface area contributed by atoms with Crippen LogP contribution in [0.1, 0.15) is 36.3 Å². The molecule has 1 atom stereocenters. The number of amides is 1. The van der Waals surface area contributed by atoms with Crippen LogP contribution in [0.3, 0.4) is 0 Å². The van der Waals surface area contributed by atoms with Crippen molar-refractivity contribution in [3.8, 4) is 6.07 Å². The minimum Gasteiger partial charge on any atom is -0.397 e. The number of nitrogen functional groups attached to an aromatic ring is 1. The van der Waals surface area contributed by atoms with Crippen molar-refractivity contribution >= 4 is 11.6 Å². The van der Waals surface area contributed by atoms with E-state index in [0.717, 1.165) is 12.8 Å². The van der Waals surface area contributed by atoms with Gasteiger partial charge in [-0.1, -0.05) is 0 Å². The van der Waals surface area contributed by atoms with Gasteiger partial charge in [0.25, 0.3) is 5.91 Å². The van der Waals surface area contributed by atoms with Gasteiger partial charge in [0.05, 0.1) is 17.7 Å². The Balaban J connectivity index is 2.15. The molecule has 0 radical (unpaired) electrons. The summed E-state index contributed by atoms with van der Waals surface area (Å²) >= 11 is 0. The summed E-state index contributed by atoms with van der Waals surface area (Å²) in [7, 11) is 1.72. The van der Waals surface area contributed by atoms with Crippen LogP contribution in [0, 0.1) is 17.2 Å². The van der Waals surface area contributed by atoms with Gasteiger partial charge in [-0.05, 0) is 25.8 Å². The lowest BCUT2D eigenvalue weighted by molar-refractivity contribution is 0.0774. The van der Waals surface area contributed by atoms with Crippen molar-refractivity contribution in [3.05, 3.63) is 18.0 Å². The summed E-state index contributed by atoms with van der Waals surface area (Å²) in [6.45, 7) is 2.24. The average Bonchev–Trinajstić information content (AvgIpc) is 3.11. The van der Waals surface area contributed by atoms with Gasteiger partial charge in [-0.2, -0.15) is 5.26 Å². The van der Waals surface area contributed by atoms with E-state index in [1.165, 1.54) is 0 Å². The fourth-order valence-electron chi connectivity index (χ4n) is 2.06. The van der Waals surface area contributed by atoms with Crippen molar-refractivity contribution < 1.29 is 4.79 Å². The third-order valence-electron chi connectivity index (χ3n) is 3.14. The maximum absolute atomic E-state index is 12.3. The number of carbonyl (C=O) groups is 1. The first-order valence-corrected chi connectivity index (χ1v) is 6.15. The Kier molecular flexibility index (Phi) is 3.28. The van der Waals surface area contributed by atoms with E-state index in [1.54, 1.807) is 24.9 Å². The summed E-state index contributed by atoms with van der Waals surface area (Å²) in [6.07, 6.45) is 4.03. The van der Waals surface area contributed by atoms with Crippen LogP contribution in [0.5, 0.6) is 0 Å². The number of hydrogen-bond donors (Lipinski definition) is 1. The molecule has 0 spiro atoms. The van der Waals surface area contributed by atoms with Crippen molar-refractivity contribution in [3.63, 3.8) is 0 Å². The van der Waals surface area contributed by atoms with Crippen molar-refractivity contribution in [2.24, 2.45) is 5.92 Å². The highest BCUT2D eigenvalue weighted by Gasteiger charge is 2.28. The molecule has 1 amide bonds. The summed E-state index contributed by atoms with van der Waals surface area (Å²) in [4.78, 5) is 13.9. The molecule has 2 rings (SSSR count). The molecule has 1 aromatic heterocycles. The van der Waals surface area contributed by atoms with E-state index in [2.05, 4.69) is 6.07 Å². The van der Waals surface area contributed by atoms with Gasteiger partial charge in [0, 0.05) is 25.8 Å². The van der Waals surface area contributed by atoms with E-state index in [9.17, 15) is 4.79 Å². The van der Waals surface area contributed by atoms with Crippen LogP contribution >= 0.6 is 0 Å². The summed E-state index contributed by atoms with van der Waals surface area (Å²) < 4.78 is 1.96. The summed E-state index contributed by atoms with van der Waals surface area (Å²) in [6, 6.07) is 4.27. The number of rotatable bonds is 4. The van der Waals surface area contributed by atoms with Gasteiger partial charge in [0.2, 0.25) is 0 Å². The second-order valence-electron chi connectivity index (χ2n) is 5.01. The monoisotopic (exact) mass is 246 g/mol. The largest absolute Gasteiger partial charge is 0.397 e. The number of nitriles is 1. The van der Waals surface area contributed by atoms with Gasteiger partial charge < -0.3 is 15.2 Å². The van der Waals surface area contributed by atoms with Crippen LogP contribution in [-0.4, -0.2) is 29.0 Å². The zero-order valence-electron chi connectivity index (χ0n) is 10.8. The molecule has 1 heterocycles. The number of nitrogens with two attached hydrogens (primary N) is 1. The predicted octanol–water partition coefficient (Wildman–Crippen LogP) is 1.64. The minimum absolute atomic E-state index is 0.0688. The van der Waals surface area contributed by atoms with E-state index >= 15 is 0 Å². The Morgan fingerprint density at radius 3 is 2.94 bits per heavy atom. The lowest BCUT2D eigenvalue weighted by Gasteiger charge is -2.19. The number of hydrogen-bond acceptors (Lipinski definition) is 3. The summed E-state index contributed by atoms with van der Waals surface area (Å²) in [5.74, 6) is -0.235. The second kappa shape index (κ2) is 4.73. The molecule has 0 aliphatic heterocycles. The van der Waals surface area contributed by atoms with Crippen LogP contribution in [-0.2, 0) is 0 Å². The number of nitrogens with zero attached hydrogens (tertiary/aromatic N) is 3. The molecular formula is C13H18N4O. The Labute approximate surface area is 107 Å². The first-order valence-electron chi connectivity index (χ1n) is 6.15. The van der Waals surface area contributed by atoms with Crippen molar-refractivity contribution in [1.82, 2.24) is 9.47 Å². The second-order valence-corrected chi connectivity index (χ2v) is 5.01. The lowest BCUT2D eigenvalue weighted by atomic mass is 10.2. The smallest absolute Gasteiger partial charge is 0.270 e. The highest BCUT2D eigenvalue weighted by Crippen LogP contribution is 2.37. The molecule has 5 nitrogen and oxygen atoms in total. The lowest BCUT2D eigenvalue weighted by Crippen LogP contribution is -2.32. The molecule has 1 aliphatic carbocycles. The highest BCUT2D eigenvalue weighted by atomic mass is 16.2. The topological polar surface area (TPSA) is 75.1 Å². The predicted molar refractivity (Wildman–Crippen MR) is 68.9 cm³/mol. The highest BCUT2D eigenvalue weighted by molar-refractivity contribution is 5.93. The summed E-state index contributed by atoms with van der Waals surface area (Å²) in [5.41, 5.74) is 7.01. The van der Waals surface area contributed by atoms with Crippen molar-refractivity contribution in [2.75, 3.05) is 19.3 Å². The Bertz CT molecular complexity index is 496. The van der Waals surface area contributed by atoms with Crippen LogP contribution in [0.25, 0.3) is 0 Å². The van der Waals surface area contributed by atoms with E-state index in [-0.39, 0.29) is 11.8 Å². The number of carbonyl (C=O) groups excluding carboxylic acids is 1. The third kappa shape index (κ3) is 2.48. The molecule has 18 heavy (non-hydrogen) atoms. The zero-order valence-corrected chi connectivity index (χ0v) is 10.8. The van der Waals surface area contributed by atoms with Crippen LogP contribution < -0.4 is 5.73 Å². The van der Waals surface area contributed by atoms with E-state index in [4.69, 9.17) is 11.0 Å². The number of aromatic nitrogens is 1. The van der Waals surface area contributed by atoms with Gasteiger partial charge in [-0.25, -0.2) is 0 Å². The van der Waals surface area contributed by atoms with Crippen molar-refractivity contribution in [2.45, 2.75) is 25.8 Å². The molecule has 0 aromatic carbocycles. The fraction of sp³-hybridized carbons (Fsp3) is 0.538. The molecule has 0 bridgehead atoms. The molecule has 5 heteroatoms. The van der Waals surface area contributed by atoms with Gasteiger partial charge in [0.1, 0.15) is 5.69 Å². The van der Waals surface area contributed by atoms with E-state index in [0.29, 0.717) is 24.0 Å². The molecule has 96 valence electrons. The Morgan fingerprint density at radius 2 is 2.39 bits per heavy atom. The van der Waals surface area contributed by atoms with E-state index in [1.807, 2.05) is 10.8 Å². The molecular weight excluding hydrogens is 228 g/mol. The van der Waals surface area contributed by atoms with Crippen LogP contribution in [0.4, 0.5) is 5.69 Å². The number of anilines is 1. The average molecular weight is 246 g/mol. The molecule has 1 aromatic rings. The Hall–Kier alpha value is -1.96. The van der Waals surface area contributed by atoms with E-state index < -0.39 is 0 Å². The van der Waals surface area contributed by atoms with Gasteiger partial charge >= 0.3 is 0 Å². The zero-order chi connectivity index (χ0) is 13.3. The van der Waals surface area contributed by atoms with Crippen molar-refractivity contribution in [1.29, 1.82) is 5.26 Å². The molecule has 1 aliphatic rings. The molecule has 1 saturated carbocycles. The first kappa shape index (κ1) is 12.5. The normalized spacial score (nSPS) is 16.1. The van der Waals surface area contributed by atoms with Crippen LogP contribution in [0.2, 0.25) is 0 Å². The molecule has 1 unspecified atom stereocenters. The molecule has 1 fully saturated rings. The fourth-order valence-corrected chi connectivity index (χ4v) is 2.06. The van der Waals surface area contributed by atoms with Gasteiger partial charge in [-0.3, -0.25) is 4.79 Å². The van der Waals surface area contributed by atoms with Gasteiger partial charge in [0.15, 0.2) is 0 Å². The quantitative estimate of drug-likeness (QED) is 0.877.